The van der Waals surface area contributed by atoms with Gasteiger partial charge in [0.1, 0.15) is 0 Å². The lowest BCUT2D eigenvalue weighted by Gasteiger charge is -2.31. The second kappa shape index (κ2) is 7.27. The molecule has 1 aromatic rings. The van der Waals surface area contributed by atoms with E-state index in [9.17, 15) is 9.59 Å². The first-order valence-electron chi connectivity index (χ1n) is 6.94. The van der Waals surface area contributed by atoms with E-state index >= 15 is 0 Å². The highest BCUT2D eigenvalue weighted by molar-refractivity contribution is 9.10. The fraction of sp³-hybridized carbons (Fsp3) is 0.467. The molecule has 1 unspecified atom stereocenters. The number of benzene rings is 1. The average Bonchev–Trinajstić information content (AvgIpc) is 2.49. The number of hydrogen-bond acceptors (Lipinski definition) is 3. The molecule has 4 nitrogen and oxygen atoms in total. The molecule has 1 atom stereocenters. The number of nitrogens with zero attached hydrogens (tertiary/aromatic N) is 1. The summed E-state index contributed by atoms with van der Waals surface area (Å²) in [6.07, 6.45) is 1.55. The van der Waals surface area contributed by atoms with Crippen LogP contribution in [0.15, 0.2) is 22.7 Å². The first kappa shape index (κ1) is 16.3. The summed E-state index contributed by atoms with van der Waals surface area (Å²) in [7, 11) is 0. The molecule has 0 aromatic heterocycles. The third-order valence-electron chi connectivity index (χ3n) is 3.49. The van der Waals surface area contributed by atoms with Crippen molar-refractivity contribution < 1.29 is 14.3 Å². The second-order valence-corrected chi connectivity index (χ2v) is 6.29. The fourth-order valence-electron chi connectivity index (χ4n) is 2.45. The third kappa shape index (κ3) is 3.98. The number of esters is 1. The number of halogens is 2. The Morgan fingerprint density at radius 2 is 2.24 bits per heavy atom. The Morgan fingerprint density at radius 3 is 2.95 bits per heavy atom. The van der Waals surface area contributed by atoms with Gasteiger partial charge in [0.25, 0.3) is 5.91 Å². The van der Waals surface area contributed by atoms with Gasteiger partial charge in [0.05, 0.1) is 23.1 Å². The summed E-state index contributed by atoms with van der Waals surface area (Å²) in [6.45, 7) is 3.17. The van der Waals surface area contributed by atoms with Crippen LogP contribution >= 0.6 is 27.5 Å². The lowest BCUT2D eigenvalue weighted by molar-refractivity contribution is -0.149. The van der Waals surface area contributed by atoms with Gasteiger partial charge >= 0.3 is 5.97 Å². The average molecular weight is 375 g/mol. The first-order valence-corrected chi connectivity index (χ1v) is 8.11. The quantitative estimate of drug-likeness (QED) is 0.761. The van der Waals surface area contributed by atoms with Gasteiger partial charge in [-0.1, -0.05) is 27.5 Å². The molecule has 2 rings (SSSR count). The molecular weight excluding hydrogens is 358 g/mol. The van der Waals surface area contributed by atoms with Gasteiger partial charge in [-0.25, -0.2) is 0 Å². The van der Waals surface area contributed by atoms with Gasteiger partial charge in [-0.15, -0.1) is 0 Å². The number of carbonyl (C=O) groups excluding carboxylic acids is 2. The highest BCUT2D eigenvalue weighted by Gasteiger charge is 2.30. The zero-order valence-electron chi connectivity index (χ0n) is 11.8. The molecule has 1 aliphatic rings. The van der Waals surface area contributed by atoms with Crippen LogP contribution in [0.2, 0.25) is 5.02 Å². The van der Waals surface area contributed by atoms with Crippen molar-refractivity contribution in [3.8, 4) is 0 Å². The van der Waals surface area contributed by atoms with Crippen molar-refractivity contribution in [3.05, 3.63) is 33.3 Å². The van der Waals surface area contributed by atoms with Crippen LogP contribution in [-0.2, 0) is 9.53 Å². The molecule has 0 aliphatic carbocycles. The SMILES string of the molecule is CCOC(=O)C1CCCN(C(=O)c2cc(Br)ccc2Cl)C1. The summed E-state index contributed by atoms with van der Waals surface area (Å²) in [5.74, 6) is -0.612. The number of ether oxygens (including phenoxy) is 1. The molecule has 1 fully saturated rings. The topological polar surface area (TPSA) is 46.6 Å². The van der Waals surface area contributed by atoms with Crippen molar-refractivity contribution in [3.63, 3.8) is 0 Å². The normalized spacial score (nSPS) is 18.4. The second-order valence-electron chi connectivity index (χ2n) is 4.97. The zero-order valence-corrected chi connectivity index (χ0v) is 14.1. The molecule has 1 amide bonds. The van der Waals surface area contributed by atoms with Gasteiger partial charge < -0.3 is 9.64 Å². The zero-order chi connectivity index (χ0) is 15.4. The summed E-state index contributed by atoms with van der Waals surface area (Å²) >= 11 is 9.44. The van der Waals surface area contributed by atoms with E-state index in [1.807, 2.05) is 0 Å². The van der Waals surface area contributed by atoms with Gasteiger partial charge in [-0.2, -0.15) is 0 Å². The molecule has 0 radical (unpaired) electrons. The lowest BCUT2D eigenvalue weighted by Crippen LogP contribution is -2.42. The Morgan fingerprint density at radius 1 is 1.48 bits per heavy atom. The van der Waals surface area contributed by atoms with E-state index < -0.39 is 0 Å². The minimum absolute atomic E-state index is 0.143. The monoisotopic (exact) mass is 373 g/mol. The third-order valence-corrected chi connectivity index (χ3v) is 4.31. The van der Waals surface area contributed by atoms with E-state index in [1.54, 1.807) is 30.0 Å². The molecule has 0 saturated carbocycles. The Hall–Kier alpha value is -1.07. The molecule has 1 saturated heterocycles. The number of piperidine rings is 1. The molecular formula is C15H17BrClNO3. The Kier molecular flexibility index (Phi) is 5.65. The Labute approximate surface area is 137 Å². The van der Waals surface area contributed by atoms with E-state index in [1.165, 1.54) is 0 Å². The summed E-state index contributed by atoms with van der Waals surface area (Å²) < 4.78 is 5.85. The standard InChI is InChI=1S/C15H17BrClNO3/c1-2-21-15(20)10-4-3-7-18(9-10)14(19)12-8-11(16)5-6-13(12)17/h5-6,8,10H,2-4,7,9H2,1H3. The lowest BCUT2D eigenvalue weighted by atomic mass is 9.97. The van der Waals surface area contributed by atoms with Crippen LogP contribution in [-0.4, -0.2) is 36.5 Å². The molecule has 0 spiro atoms. The van der Waals surface area contributed by atoms with Crippen LogP contribution in [0.1, 0.15) is 30.1 Å². The van der Waals surface area contributed by atoms with Gasteiger partial charge in [0.2, 0.25) is 0 Å². The molecule has 6 heteroatoms. The summed E-state index contributed by atoms with van der Waals surface area (Å²) in [5.41, 5.74) is 0.454. The van der Waals surface area contributed by atoms with Crippen LogP contribution in [0.25, 0.3) is 0 Å². The van der Waals surface area contributed by atoms with Crippen LogP contribution in [0.4, 0.5) is 0 Å². The maximum Gasteiger partial charge on any atom is 0.310 e. The van der Waals surface area contributed by atoms with Crippen LogP contribution in [0.5, 0.6) is 0 Å². The predicted molar refractivity (Wildman–Crippen MR) is 84.4 cm³/mol. The minimum atomic E-state index is -0.242. The molecule has 1 aliphatic heterocycles. The fourth-order valence-corrected chi connectivity index (χ4v) is 3.01. The molecule has 1 aromatic carbocycles. The Balaban J connectivity index is 2.12. The van der Waals surface area contributed by atoms with E-state index in [0.29, 0.717) is 30.3 Å². The van der Waals surface area contributed by atoms with Crippen LogP contribution in [0.3, 0.4) is 0 Å². The number of hydrogen-bond donors (Lipinski definition) is 0. The smallest absolute Gasteiger partial charge is 0.310 e. The van der Waals surface area contributed by atoms with Gasteiger partial charge in [0.15, 0.2) is 0 Å². The Bertz CT molecular complexity index is 550. The first-order chi connectivity index (χ1) is 10.0. The van der Waals surface area contributed by atoms with E-state index in [4.69, 9.17) is 16.3 Å². The molecule has 0 N–H and O–H groups in total. The molecule has 1 heterocycles. The van der Waals surface area contributed by atoms with Gasteiger partial charge in [-0.3, -0.25) is 9.59 Å². The van der Waals surface area contributed by atoms with Crippen molar-refractivity contribution in [2.45, 2.75) is 19.8 Å². The summed E-state index contributed by atoms with van der Waals surface area (Å²) in [4.78, 5) is 26.1. The highest BCUT2D eigenvalue weighted by atomic mass is 79.9. The number of carbonyl (C=O) groups is 2. The minimum Gasteiger partial charge on any atom is -0.466 e. The molecule has 114 valence electrons. The molecule has 0 bridgehead atoms. The van der Waals surface area contributed by atoms with Crippen molar-refractivity contribution in [1.82, 2.24) is 4.90 Å². The van der Waals surface area contributed by atoms with Crippen LogP contribution < -0.4 is 0 Å². The van der Waals surface area contributed by atoms with Crippen molar-refractivity contribution in [1.29, 1.82) is 0 Å². The highest BCUT2D eigenvalue weighted by Crippen LogP contribution is 2.25. The van der Waals surface area contributed by atoms with Gasteiger partial charge in [0, 0.05) is 17.6 Å². The van der Waals surface area contributed by atoms with E-state index in [0.717, 1.165) is 17.3 Å². The number of amides is 1. The number of likely N-dealkylation sites (tertiary alicyclic amines) is 1. The van der Waals surface area contributed by atoms with E-state index in [2.05, 4.69) is 15.9 Å². The van der Waals surface area contributed by atoms with Gasteiger partial charge in [-0.05, 0) is 38.0 Å². The molecule has 21 heavy (non-hydrogen) atoms. The van der Waals surface area contributed by atoms with Crippen molar-refractivity contribution in [2.75, 3.05) is 19.7 Å². The van der Waals surface area contributed by atoms with Crippen LogP contribution in [0, 0.1) is 5.92 Å². The maximum absolute atomic E-state index is 12.6. The van der Waals surface area contributed by atoms with Crippen molar-refractivity contribution >= 4 is 39.4 Å². The summed E-state index contributed by atoms with van der Waals surface area (Å²) in [6, 6.07) is 5.18. The van der Waals surface area contributed by atoms with Crippen molar-refractivity contribution in [2.24, 2.45) is 5.92 Å². The summed E-state index contributed by atoms with van der Waals surface area (Å²) in [5, 5.41) is 0.418. The predicted octanol–water partition coefficient (Wildman–Crippen LogP) is 3.52. The maximum atomic E-state index is 12.6. The number of rotatable bonds is 3. The largest absolute Gasteiger partial charge is 0.466 e. The van der Waals surface area contributed by atoms with E-state index in [-0.39, 0.29) is 17.8 Å².